The molecule has 0 aliphatic rings. The zero-order valence-electron chi connectivity index (χ0n) is 8.31. The molecule has 0 fully saturated rings. The standard InChI is InChI=1S/C9H9N7/c10-1-7-4-14-8(5-12-7)13-2-6-3-15-16-9(6)11/h3-5H,2H2,(H,13,14)(H3,11,15,16). The van der Waals surface area contributed by atoms with Crippen molar-refractivity contribution in [2.45, 2.75) is 6.54 Å². The van der Waals surface area contributed by atoms with Gasteiger partial charge in [-0.3, -0.25) is 5.10 Å². The predicted octanol–water partition coefficient (Wildman–Crippen LogP) is 0.266. The molecule has 0 amide bonds. The van der Waals surface area contributed by atoms with Crippen molar-refractivity contribution in [2.75, 3.05) is 11.1 Å². The Balaban J connectivity index is 2.00. The van der Waals surface area contributed by atoms with Gasteiger partial charge in [-0.25, -0.2) is 9.97 Å². The van der Waals surface area contributed by atoms with Crippen LogP contribution in [0.15, 0.2) is 18.6 Å². The molecular formula is C9H9N7. The number of H-pyrrole nitrogens is 1. The third kappa shape index (κ3) is 2.06. The fraction of sp³-hybridized carbons (Fsp3) is 0.111. The molecule has 0 aliphatic heterocycles. The molecule has 2 aromatic rings. The van der Waals surface area contributed by atoms with Crippen LogP contribution in [-0.4, -0.2) is 20.2 Å². The lowest BCUT2D eigenvalue weighted by Gasteiger charge is -2.03. The maximum atomic E-state index is 8.54. The van der Waals surface area contributed by atoms with Crippen molar-refractivity contribution in [3.63, 3.8) is 0 Å². The first-order valence-electron chi connectivity index (χ1n) is 4.53. The van der Waals surface area contributed by atoms with Crippen LogP contribution in [0.25, 0.3) is 0 Å². The molecule has 16 heavy (non-hydrogen) atoms. The highest BCUT2D eigenvalue weighted by molar-refractivity contribution is 5.41. The Labute approximate surface area is 91.3 Å². The van der Waals surface area contributed by atoms with E-state index in [4.69, 9.17) is 11.0 Å². The minimum atomic E-state index is 0.286. The van der Waals surface area contributed by atoms with Crippen LogP contribution in [0.2, 0.25) is 0 Å². The fourth-order valence-electron chi connectivity index (χ4n) is 1.12. The molecule has 4 N–H and O–H groups in total. The zero-order valence-corrected chi connectivity index (χ0v) is 8.31. The lowest BCUT2D eigenvalue weighted by Crippen LogP contribution is -2.03. The van der Waals surface area contributed by atoms with E-state index >= 15 is 0 Å². The monoisotopic (exact) mass is 215 g/mol. The van der Waals surface area contributed by atoms with Gasteiger partial charge in [0, 0.05) is 12.1 Å². The van der Waals surface area contributed by atoms with Crippen LogP contribution in [0.3, 0.4) is 0 Å². The number of nitrogens with one attached hydrogen (secondary N) is 2. The average Bonchev–Trinajstić information content (AvgIpc) is 2.73. The summed E-state index contributed by atoms with van der Waals surface area (Å²) in [6, 6.07) is 1.90. The summed E-state index contributed by atoms with van der Waals surface area (Å²) in [4.78, 5) is 7.89. The normalized spacial score (nSPS) is 9.69. The Bertz CT molecular complexity index is 507. The number of nitrogens with zero attached hydrogens (tertiary/aromatic N) is 4. The van der Waals surface area contributed by atoms with Crippen molar-refractivity contribution >= 4 is 11.6 Å². The van der Waals surface area contributed by atoms with Gasteiger partial charge in [-0.1, -0.05) is 0 Å². The van der Waals surface area contributed by atoms with E-state index in [1.54, 1.807) is 6.20 Å². The zero-order chi connectivity index (χ0) is 11.4. The number of nitriles is 1. The van der Waals surface area contributed by atoms with Crippen molar-refractivity contribution in [2.24, 2.45) is 0 Å². The second-order valence-electron chi connectivity index (χ2n) is 3.06. The summed E-state index contributed by atoms with van der Waals surface area (Å²) in [6.45, 7) is 0.503. The average molecular weight is 215 g/mol. The number of anilines is 2. The van der Waals surface area contributed by atoms with Crippen LogP contribution in [0.4, 0.5) is 11.6 Å². The van der Waals surface area contributed by atoms with Gasteiger partial charge in [0.25, 0.3) is 0 Å². The predicted molar refractivity (Wildman–Crippen MR) is 57.1 cm³/mol. The van der Waals surface area contributed by atoms with E-state index in [2.05, 4.69) is 25.5 Å². The van der Waals surface area contributed by atoms with Gasteiger partial charge in [-0.05, 0) is 0 Å². The van der Waals surface area contributed by atoms with E-state index in [9.17, 15) is 0 Å². The van der Waals surface area contributed by atoms with Gasteiger partial charge >= 0.3 is 0 Å². The molecule has 0 bridgehead atoms. The second kappa shape index (κ2) is 4.27. The highest BCUT2D eigenvalue weighted by Gasteiger charge is 2.01. The van der Waals surface area contributed by atoms with Crippen LogP contribution in [0.5, 0.6) is 0 Å². The highest BCUT2D eigenvalue weighted by Crippen LogP contribution is 2.08. The minimum absolute atomic E-state index is 0.286. The molecule has 0 radical (unpaired) electrons. The summed E-state index contributed by atoms with van der Waals surface area (Å²) in [5.74, 6) is 1.11. The molecule has 0 saturated carbocycles. The van der Waals surface area contributed by atoms with Gasteiger partial charge in [0.05, 0.1) is 18.6 Å². The Kier molecular flexibility index (Phi) is 2.65. The topological polar surface area (TPSA) is 116 Å². The third-order valence-electron chi connectivity index (χ3n) is 1.98. The lowest BCUT2D eigenvalue weighted by molar-refractivity contribution is 1.08. The Morgan fingerprint density at radius 3 is 2.81 bits per heavy atom. The number of aromatic nitrogens is 4. The molecule has 2 aromatic heterocycles. The van der Waals surface area contributed by atoms with Gasteiger partial charge in [0.2, 0.25) is 0 Å². The van der Waals surface area contributed by atoms with Crippen molar-refractivity contribution in [3.05, 3.63) is 29.8 Å². The van der Waals surface area contributed by atoms with E-state index in [-0.39, 0.29) is 5.69 Å². The summed E-state index contributed by atoms with van der Waals surface area (Å²) in [6.07, 6.45) is 4.54. The van der Waals surface area contributed by atoms with Gasteiger partial charge < -0.3 is 11.1 Å². The molecule has 7 heteroatoms. The molecule has 0 spiro atoms. The lowest BCUT2D eigenvalue weighted by atomic mass is 10.3. The van der Waals surface area contributed by atoms with Crippen LogP contribution >= 0.6 is 0 Å². The molecule has 0 saturated heterocycles. The molecule has 0 aliphatic carbocycles. The summed E-state index contributed by atoms with van der Waals surface area (Å²) in [5, 5.41) is 18.0. The van der Waals surface area contributed by atoms with Crippen LogP contribution in [0, 0.1) is 11.3 Å². The van der Waals surface area contributed by atoms with Gasteiger partial charge in [-0.2, -0.15) is 10.4 Å². The first-order valence-corrected chi connectivity index (χ1v) is 4.53. The van der Waals surface area contributed by atoms with E-state index in [1.807, 2.05) is 6.07 Å². The first kappa shape index (κ1) is 9.92. The van der Waals surface area contributed by atoms with Gasteiger partial charge in [0.1, 0.15) is 17.7 Å². The second-order valence-corrected chi connectivity index (χ2v) is 3.06. The van der Waals surface area contributed by atoms with Crippen LogP contribution in [-0.2, 0) is 6.54 Å². The van der Waals surface area contributed by atoms with Crippen molar-refractivity contribution < 1.29 is 0 Å². The number of hydrogen-bond donors (Lipinski definition) is 3. The highest BCUT2D eigenvalue weighted by atomic mass is 15.1. The first-order chi connectivity index (χ1) is 7.79. The Morgan fingerprint density at radius 1 is 1.38 bits per heavy atom. The summed E-state index contributed by atoms with van der Waals surface area (Å²) in [7, 11) is 0. The number of rotatable bonds is 3. The molecular weight excluding hydrogens is 206 g/mol. The number of nitrogens with two attached hydrogens (primary N) is 1. The van der Waals surface area contributed by atoms with Crippen molar-refractivity contribution in [3.8, 4) is 6.07 Å². The Morgan fingerprint density at radius 2 is 2.25 bits per heavy atom. The summed E-state index contributed by atoms with van der Waals surface area (Å²) in [5.41, 5.74) is 6.75. The van der Waals surface area contributed by atoms with Crippen molar-refractivity contribution in [1.29, 1.82) is 5.26 Å². The van der Waals surface area contributed by atoms with Crippen LogP contribution < -0.4 is 11.1 Å². The molecule has 0 aromatic carbocycles. The Hall–Kier alpha value is -2.62. The molecule has 2 rings (SSSR count). The largest absolute Gasteiger partial charge is 0.384 e. The SMILES string of the molecule is N#Cc1cnc(NCc2cn[nH]c2N)cn1. The van der Waals surface area contributed by atoms with Gasteiger partial charge in [-0.15, -0.1) is 0 Å². The van der Waals surface area contributed by atoms with E-state index in [0.29, 0.717) is 18.2 Å². The number of hydrogen-bond acceptors (Lipinski definition) is 6. The smallest absolute Gasteiger partial charge is 0.158 e. The molecule has 80 valence electrons. The van der Waals surface area contributed by atoms with E-state index < -0.39 is 0 Å². The van der Waals surface area contributed by atoms with Crippen LogP contribution in [0.1, 0.15) is 11.3 Å². The summed E-state index contributed by atoms with van der Waals surface area (Å²) < 4.78 is 0. The molecule has 2 heterocycles. The van der Waals surface area contributed by atoms with E-state index in [0.717, 1.165) is 5.56 Å². The number of aromatic amines is 1. The molecule has 0 unspecified atom stereocenters. The summed E-state index contributed by atoms with van der Waals surface area (Å²) >= 11 is 0. The van der Waals surface area contributed by atoms with E-state index in [1.165, 1.54) is 12.4 Å². The maximum absolute atomic E-state index is 8.54. The maximum Gasteiger partial charge on any atom is 0.158 e. The fourth-order valence-corrected chi connectivity index (χ4v) is 1.12. The number of nitrogen functional groups attached to an aromatic ring is 1. The third-order valence-corrected chi connectivity index (χ3v) is 1.98. The molecule has 0 atom stereocenters. The minimum Gasteiger partial charge on any atom is -0.384 e. The van der Waals surface area contributed by atoms with Gasteiger partial charge in [0.15, 0.2) is 5.69 Å². The quantitative estimate of drug-likeness (QED) is 0.676. The van der Waals surface area contributed by atoms with Crippen molar-refractivity contribution in [1.82, 2.24) is 20.2 Å². The molecule has 7 nitrogen and oxygen atoms in total.